The van der Waals surface area contributed by atoms with Gasteiger partial charge in [-0.1, -0.05) is 6.07 Å². The van der Waals surface area contributed by atoms with E-state index in [0.29, 0.717) is 27.8 Å². The molecule has 31 heavy (non-hydrogen) atoms. The first-order valence-electron chi connectivity index (χ1n) is 9.13. The molecule has 2 aromatic carbocycles. The molecule has 3 N–H and O–H groups in total. The second kappa shape index (κ2) is 7.94. The van der Waals surface area contributed by atoms with Crippen molar-refractivity contribution < 1.29 is 22.8 Å². The molecule has 0 aliphatic carbocycles. The molecule has 0 unspecified atom stereocenters. The van der Waals surface area contributed by atoms with Gasteiger partial charge in [0.2, 0.25) is 0 Å². The first kappa shape index (κ1) is 20.1. The predicted octanol–water partition coefficient (Wildman–Crippen LogP) is 5.46. The lowest BCUT2D eigenvalue weighted by atomic mass is 10.0. The highest BCUT2D eigenvalue weighted by atomic mass is 19.4. The summed E-state index contributed by atoms with van der Waals surface area (Å²) in [6.07, 6.45) is -1.29. The number of alkyl halides is 3. The Morgan fingerprint density at radius 2 is 1.65 bits per heavy atom. The summed E-state index contributed by atoms with van der Waals surface area (Å²) in [5.74, 6) is -0.209. The maximum absolute atomic E-state index is 12.8. The summed E-state index contributed by atoms with van der Waals surface area (Å²) in [4.78, 5) is 32.0. The van der Waals surface area contributed by atoms with Crippen LogP contribution in [0.2, 0.25) is 0 Å². The summed E-state index contributed by atoms with van der Waals surface area (Å²) in [5.41, 5.74) is 1.02. The molecule has 9 heteroatoms. The summed E-state index contributed by atoms with van der Waals surface area (Å²) in [7, 11) is 0. The second-order valence-electron chi connectivity index (χ2n) is 6.67. The highest BCUT2D eigenvalue weighted by Crippen LogP contribution is 2.30. The van der Waals surface area contributed by atoms with Crippen molar-refractivity contribution in [3.63, 3.8) is 0 Å². The van der Waals surface area contributed by atoms with Gasteiger partial charge in [0.25, 0.3) is 0 Å². The molecule has 0 saturated carbocycles. The Morgan fingerprint density at radius 3 is 2.39 bits per heavy atom. The van der Waals surface area contributed by atoms with Gasteiger partial charge in [-0.15, -0.1) is 0 Å². The molecular weight excluding hydrogens is 409 g/mol. The molecule has 156 valence electrons. The zero-order valence-electron chi connectivity index (χ0n) is 15.8. The van der Waals surface area contributed by atoms with Gasteiger partial charge in [0.1, 0.15) is 5.65 Å². The molecule has 0 fully saturated rings. The smallest absolute Gasteiger partial charge is 0.345 e. The minimum atomic E-state index is -4.50. The minimum absolute atomic E-state index is 0.00654. The molecule has 0 aliphatic rings. The van der Waals surface area contributed by atoms with Gasteiger partial charge in [0.15, 0.2) is 5.78 Å². The fraction of sp³-hybridized carbons (Fsp3) is 0.0455. The third kappa shape index (κ3) is 4.40. The van der Waals surface area contributed by atoms with E-state index in [1.54, 1.807) is 36.7 Å². The van der Waals surface area contributed by atoms with Crippen LogP contribution in [-0.2, 0) is 6.18 Å². The van der Waals surface area contributed by atoms with E-state index in [9.17, 15) is 22.8 Å². The van der Waals surface area contributed by atoms with Gasteiger partial charge in [-0.05, 0) is 54.6 Å². The summed E-state index contributed by atoms with van der Waals surface area (Å²) < 4.78 is 38.3. The van der Waals surface area contributed by atoms with Gasteiger partial charge in [-0.25, -0.2) is 9.78 Å². The maximum Gasteiger partial charge on any atom is 0.416 e. The zero-order valence-corrected chi connectivity index (χ0v) is 15.8. The third-order valence-corrected chi connectivity index (χ3v) is 4.55. The molecule has 2 aromatic heterocycles. The lowest BCUT2D eigenvalue weighted by Gasteiger charge is -2.11. The molecule has 0 radical (unpaired) electrons. The molecule has 0 spiro atoms. The second-order valence-corrected chi connectivity index (χ2v) is 6.67. The average Bonchev–Trinajstić information content (AvgIpc) is 3.17. The van der Waals surface area contributed by atoms with Gasteiger partial charge < -0.3 is 15.6 Å². The Bertz CT molecular complexity index is 1260. The number of carbonyl (C=O) groups excluding carboxylic acids is 2. The Morgan fingerprint density at radius 1 is 0.903 bits per heavy atom. The Hall–Kier alpha value is -4.14. The van der Waals surface area contributed by atoms with Gasteiger partial charge in [-0.2, -0.15) is 13.2 Å². The molecule has 0 aliphatic heterocycles. The van der Waals surface area contributed by atoms with Crippen LogP contribution < -0.4 is 10.6 Å². The van der Waals surface area contributed by atoms with Crippen molar-refractivity contribution in [2.75, 3.05) is 10.6 Å². The van der Waals surface area contributed by atoms with Crippen LogP contribution in [-0.4, -0.2) is 21.8 Å². The Kier molecular flexibility index (Phi) is 5.16. The van der Waals surface area contributed by atoms with Crippen molar-refractivity contribution in [3.05, 3.63) is 89.7 Å². The molecular formula is C22H15F3N4O2. The van der Waals surface area contributed by atoms with E-state index in [1.165, 1.54) is 24.3 Å². The number of halogens is 3. The van der Waals surface area contributed by atoms with Crippen molar-refractivity contribution in [1.82, 2.24) is 9.97 Å². The van der Waals surface area contributed by atoms with E-state index in [4.69, 9.17) is 0 Å². The number of amides is 2. The number of urea groups is 1. The number of hydrogen-bond donors (Lipinski definition) is 3. The summed E-state index contributed by atoms with van der Waals surface area (Å²) in [5, 5.41) is 5.58. The largest absolute Gasteiger partial charge is 0.416 e. The highest BCUT2D eigenvalue weighted by Gasteiger charge is 2.30. The Labute approximate surface area is 174 Å². The van der Waals surface area contributed by atoms with Crippen LogP contribution in [0.5, 0.6) is 0 Å². The normalized spacial score (nSPS) is 11.3. The SMILES string of the molecule is O=C(Nc1ccc(C(=O)c2c[nH]c3ncccc23)cc1)Nc1cccc(C(F)(F)F)c1. The fourth-order valence-electron chi connectivity index (χ4n) is 3.07. The van der Waals surface area contributed by atoms with E-state index in [-0.39, 0.29) is 11.5 Å². The zero-order chi connectivity index (χ0) is 22.0. The van der Waals surface area contributed by atoms with Crippen LogP contribution in [0, 0.1) is 0 Å². The number of nitrogens with zero attached hydrogens (tertiary/aromatic N) is 1. The topological polar surface area (TPSA) is 86.9 Å². The first-order valence-corrected chi connectivity index (χ1v) is 9.13. The summed E-state index contributed by atoms with van der Waals surface area (Å²) in [6.45, 7) is 0. The number of H-pyrrole nitrogens is 1. The molecule has 0 saturated heterocycles. The molecule has 4 rings (SSSR count). The van der Waals surface area contributed by atoms with Gasteiger partial charge in [-0.3, -0.25) is 4.79 Å². The van der Waals surface area contributed by atoms with E-state index < -0.39 is 17.8 Å². The quantitative estimate of drug-likeness (QED) is 0.381. The average molecular weight is 424 g/mol. The van der Waals surface area contributed by atoms with Crippen molar-refractivity contribution in [1.29, 1.82) is 0 Å². The molecule has 0 bridgehead atoms. The predicted molar refractivity (Wildman–Crippen MR) is 110 cm³/mol. The molecule has 2 amide bonds. The molecule has 4 aromatic rings. The van der Waals surface area contributed by atoms with Crippen molar-refractivity contribution >= 4 is 34.2 Å². The number of benzene rings is 2. The number of aromatic nitrogens is 2. The number of pyridine rings is 1. The van der Waals surface area contributed by atoms with Crippen molar-refractivity contribution in [3.8, 4) is 0 Å². The van der Waals surface area contributed by atoms with Crippen LogP contribution >= 0.6 is 0 Å². The van der Waals surface area contributed by atoms with Gasteiger partial charge in [0, 0.05) is 40.3 Å². The monoisotopic (exact) mass is 424 g/mol. The summed E-state index contributed by atoms with van der Waals surface area (Å²) in [6, 6.07) is 13.3. The minimum Gasteiger partial charge on any atom is -0.345 e. The third-order valence-electron chi connectivity index (χ3n) is 4.55. The van der Waals surface area contributed by atoms with E-state index in [0.717, 1.165) is 12.1 Å². The van der Waals surface area contributed by atoms with Gasteiger partial charge >= 0.3 is 12.2 Å². The number of ketones is 1. The number of fused-ring (bicyclic) bond motifs is 1. The summed E-state index contributed by atoms with van der Waals surface area (Å²) >= 11 is 0. The van der Waals surface area contributed by atoms with Crippen LogP contribution in [0.1, 0.15) is 21.5 Å². The van der Waals surface area contributed by atoms with Gasteiger partial charge in [0.05, 0.1) is 5.56 Å². The van der Waals surface area contributed by atoms with Crippen molar-refractivity contribution in [2.45, 2.75) is 6.18 Å². The lowest BCUT2D eigenvalue weighted by Crippen LogP contribution is -2.19. The molecule has 0 atom stereocenters. The van der Waals surface area contributed by atoms with Crippen LogP contribution in [0.3, 0.4) is 0 Å². The molecule has 6 nitrogen and oxygen atoms in total. The number of hydrogen-bond acceptors (Lipinski definition) is 3. The van der Waals surface area contributed by atoms with Crippen LogP contribution in [0.15, 0.2) is 73.1 Å². The Balaban J connectivity index is 1.44. The number of carbonyl (C=O) groups is 2. The number of anilines is 2. The standard InChI is InChI=1S/C22H15F3N4O2/c23-22(24,25)14-3-1-4-16(11-14)29-21(31)28-15-8-6-13(7-9-15)19(30)18-12-27-20-17(18)5-2-10-26-20/h1-12H,(H,26,27)(H2,28,29,31). The fourth-order valence-corrected chi connectivity index (χ4v) is 3.07. The van der Waals surface area contributed by atoms with E-state index >= 15 is 0 Å². The maximum atomic E-state index is 12.8. The lowest BCUT2D eigenvalue weighted by molar-refractivity contribution is -0.137. The van der Waals surface area contributed by atoms with E-state index in [1.807, 2.05) is 0 Å². The molecule has 2 heterocycles. The highest BCUT2D eigenvalue weighted by molar-refractivity contribution is 6.16. The number of aromatic amines is 1. The van der Waals surface area contributed by atoms with Crippen molar-refractivity contribution in [2.24, 2.45) is 0 Å². The van der Waals surface area contributed by atoms with Crippen LogP contribution in [0.25, 0.3) is 11.0 Å². The number of rotatable bonds is 4. The van der Waals surface area contributed by atoms with Crippen LogP contribution in [0.4, 0.5) is 29.3 Å². The number of nitrogens with one attached hydrogen (secondary N) is 3. The first-order chi connectivity index (χ1) is 14.8. The van der Waals surface area contributed by atoms with E-state index in [2.05, 4.69) is 20.6 Å².